The predicted molar refractivity (Wildman–Crippen MR) is 138 cm³/mol. The third-order valence-electron chi connectivity index (χ3n) is 6.68. The van der Waals surface area contributed by atoms with Gasteiger partial charge in [-0.1, -0.05) is 142 Å². The highest BCUT2D eigenvalue weighted by atomic mass is 16.3. The van der Waals surface area contributed by atoms with Crippen LogP contribution in [0.15, 0.2) is 0 Å². The highest BCUT2D eigenvalue weighted by Gasteiger charge is 2.19. The van der Waals surface area contributed by atoms with Crippen LogP contribution in [0.4, 0.5) is 0 Å². The van der Waals surface area contributed by atoms with Gasteiger partial charge in [0.2, 0.25) is 5.91 Å². The van der Waals surface area contributed by atoms with Crippen LogP contribution >= 0.6 is 0 Å². The average Bonchev–Trinajstić information content (AvgIpc) is 2.80. The minimum Gasteiger partial charge on any atom is -0.394 e. The molecule has 32 heavy (non-hydrogen) atoms. The van der Waals surface area contributed by atoms with Crippen LogP contribution in [-0.2, 0) is 4.79 Å². The van der Waals surface area contributed by atoms with Crippen LogP contribution in [0.25, 0.3) is 0 Å². The fraction of sp³-hybridized carbons (Fsp3) is 0.964. The Morgan fingerprint density at radius 3 is 1.28 bits per heavy atom. The summed E-state index contributed by atoms with van der Waals surface area (Å²) in [7, 11) is 0. The van der Waals surface area contributed by atoms with Crippen molar-refractivity contribution in [2.75, 3.05) is 6.61 Å². The maximum absolute atomic E-state index is 11.4. The number of hydrogen-bond donors (Lipinski definition) is 3. The molecule has 3 N–H and O–H groups in total. The maximum Gasteiger partial charge on any atom is 0.220 e. The van der Waals surface area contributed by atoms with Gasteiger partial charge in [-0.15, -0.1) is 0 Å². The Labute approximate surface area is 200 Å². The number of carbonyl (C=O) groups is 1. The number of nitrogens with one attached hydrogen (secondary N) is 1. The minimum atomic E-state index is -0.647. The molecule has 0 aliphatic heterocycles. The first-order chi connectivity index (χ1) is 15.7. The molecule has 0 saturated heterocycles. The summed E-state index contributed by atoms with van der Waals surface area (Å²) in [6, 6.07) is -0.525. The van der Waals surface area contributed by atoms with E-state index in [-0.39, 0.29) is 12.5 Å². The molecule has 4 heteroatoms. The second kappa shape index (κ2) is 25.0. The molecule has 0 heterocycles. The lowest BCUT2D eigenvalue weighted by Gasteiger charge is -2.22. The summed E-state index contributed by atoms with van der Waals surface area (Å²) in [6.45, 7) is 3.85. The van der Waals surface area contributed by atoms with Crippen molar-refractivity contribution in [3.05, 3.63) is 0 Å². The van der Waals surface area contributed by atoms with Crippen LogP contribution in [0.1, 0.15) is 155 Å². The lowest BCUT2D eigenvalue weighted by molar-refractivity contribution is -0.122. The largest absolute Gasteiger partial charge is 0.394 e. The van der Waals surface area contributed by atoms with Crippen LogP contribution in [-0.4, -0.2) is 34.9 Å². The van der Waals surface area contributed by atoms with E-state index in [2.05, 4.69) is 12.2 Å². The molecule has 0 saturated carbocycles. The fourth-order valence-electron chi connectivity index (χ4n) is 4.38. The molecule has 0 rings (SSSR count). The van der Waals surface area contributed by atoms with Gasteiger partial charge in [-0.05, 0) is 6.42 Å². The summed E-state index contributed by atoms with van der Waals surface area (Å²) in [5.41, 5.74) is 0. The number of unbranched alkanes of at least 4 members (excludes halogenated alkanes) is 19. The summed E-state index contributed by atoms with van der Waals surface area (Å²) in [5, 5.41) is 22.2. The van der Waals surface area contributed by atoms with Gasteiger partial charge in [-0.3, -0.25) is 4.79 Å². The molecule has 0 aromatic heterocycles. The van der Waals surface area contributed by atoms with Gasteiger partial charge in [-0.25, -0.2) is 0 Å². The molecule has 2 atom stereocenters. The summed E-state index contributed by atoms with van der Waals surface area (Å²) < 4.78 is 0. The standard InChI is InChI=1S/C28H57NO3/c1-3-5-6-7-8-9-10-11-12-13-14-15-16-17-18-19-20-21-22-23-24-27(31)26(25-30)29-28(32)4-2/h26-27,30-31H,3-25H2,1-2H3,(H,29,32). The Morgan fingerprint density at radius 1 is 0.625 bits per heavy atom. The van der Waals surface area contributed by atoms with E-state index in [1.165, 1.54) is 116 Å². The first-order valence-electron chi connectivity index (χ1n) is 14.2. The normalized spacial score (nSPS) is 13.2. The van der Waals surface area contributed by atoms with Crippen molar-refractivity contribution in [3.8, 4) is 0 Å². The number of aliphatic hydroxyl groups is 2. The molecule has 0 fully saturated rings. The molecule has 0 aromatic carbocycles. The number of carbonyl (C=O) groups excluding carboxylic acids is 1. The summed E-state index contributed by atoms with van der Waals surface area (Å²) >= 11 is 0. The van der Waals surface area contributed by atoms with Crippen LogP contribution < -0.4 is 5.32 Å². The number of rotatable bonds is 25. The monoisotopic (exact) mass is 455 g/mol. The first-order valence-corrected chi connectivity index (χ1v) is 14.2. The Kier molecular flexibility index (Phi) is 24.5. The molecule has 2 unspecified atom stereocenters. The second-order valence-corrected chi connectivity index (χ2v) is 9.78. The molecule has 192 valence electrons. The van der Waals surface area contributed by atoms with E-state index in [0.717, 1.165) is 12.8 Å². The second-order valence-electron chi connectivity index (χ2n) is 9.78. The highest BCUT2D eigenvalue weighted by molar-refractivity contribution is 5.75. The quantitative estimate of drug-likeness (QED) is 0.125. The van der Waals surface area contributed by atoms with Crippen molar-refractivity contribution in [1.29, 1.82) is 0 Å². The first kappa shape index (κ1) is 31.4. The lowest BCUT2D eigenvalue weighted by Crippen LogP contribution is -2.45. The zero-order valence-corrected chi connectivity index (χ0v) is 21.7. The number of aliphatic hydroxyl groups excluding tert-OH is 2. The molecule has 0 spiro atoms. The molecule has 0 bridgehead atoms. The zero-order valence-electron chi connectivity index (χ0n) is 21.7. The van der Waals surface area contributed by atoms with Gasteiger partial charge >= 0.3 is 0 Å². The summed E-state index contributed by atoms with van der Waals surface area (Å²) in [4.78, 5) is 11.4. The highest BCUT2D eigenvalue weighted by Crippen LogP contribution is 2.15. The summed E-state index contributed by atoms with van der Waals surface area (Å²) in [5.74, 6) is -0.119. The smallest absolute Gasteiger partial charge is 0.220 e. The molecular formula is C28H57NO3. The van der Waals surface area contributed by atoms with Crippen LogP contribution in [0.5, 0.6) is 0 Å². The predicted octanol–water partition coefficient (Wildman–Crippen LogP) is 7.45. The average molecular weight is 456 g/mol. The number of amides is 1. The van der Waals surface area contributed by atoms with Gasteiger partial charge in [-0.2, -0.15) is 0 Å². The number of hydrogen-bond acceptors (Lipinski definition) is 3. The fourth-order valence-corrected chi connectivity index (χ4v) is 4.38. The van der Waals surface area contributed by atoms with Gasteiger partial charge < -0.3 is 15.5 Å². The maximum atomic E-state index is 11.4. The van der Waals surface area contributed by atoms with Gasteiger partial charge in [0.1, 0.15) is 0 Å². The molecule has 0 radical (unpaired) electrons. The van der Waals surface area contributed by atoms with Crippen molar-refractivity contribution < 1.29 is 15.0 Å². The lowest BCUT2D eigenvalue weighted by atomic mass is 10.0. The van der Waals surface area contributed by atoms with E-state index >= 15 is 0 Å². The van der Waals surface area contributed by atoms with Crippen molar-refractivity contribution >= 4 is 5.91 Å². The minimum absolute atomic E-state index is 0.119. The molecule has 4 nitrogen and oxygen atoms in total. The van der Waals surface area contributed by atoms with E-state index in [1.807, 2.05) is 0 Å². The van der Waals surface area contributed by atoms with Gasteiger partial charge in [0.25, 0.3) is 0 Å². The van der Waals surface area contributed by atoms with Gasteiger partial charge in [0, 0.05) is 6.42 Å². The van der Waals surface area contributed by atoms with Crippen molar-refractivity contribution in [2.45, 2.75) is 167 Å². The summed E-state index contributed by atoms with van der Waals surface area (Å²) in [6.07, 6.45) is 27.6. The van der Waals surface area contributed by atoms with Crippen molar-refractivity contribution in [2.24, 2.45) is 0 Å². The Hall–Kier alpha value is -0.610. The van der Waals surface area contributed by atoms with E-state index < -0.39 is 12.1 Å². The van der Waals surface area contributed by atoms with E-state index in [9.17, 15) is 15.0 Å². The van der Waals surface area contributed by atoms with Gasteiger partial charge in [0.05, 0.1) is 18.8 Å². The topological polar surface area (TPSA) is 69.6 Å². The molecule has 0 aliphatic carbocycles. The van der Waals surface area contributed by atoms with E-state index in [1.54, 1.807) is 6.92 Å². The Morgan fingerprint density at radius 2 is 0.969 bits per heavy atom. The van der Waals surface area contributed by atoms with Crippen LogP contribution in [0, 0.1) is 0 Å². The van der Waals surface area contributed by atoms with Crippen LogP contribution in [0.2, 0.25) is 0 Å². The molecule has 0 aromatic rings. The van der Waals surface area contributed by atoms with Crippen molar-refractivity contribution in [1.82, 2.24) is 5.32 Å². The Balaban J connectivity index is 3.27. The van der Waals surface area contributed by atoms with E-state index in [0.29, 0.717) is 12.8 Å². The Bertz CT molecular complexity index is 389. The third-order valence-corrected chi connectivity index (χ3v) is 6.68. The SMILES string of the molecule is CCCCCCCCCCCCCCCCCCCCCCC(O)C(CO)NC(=O)CC. The molecule has 0 aliphatic rings. The third kappa shape index (κ3) is 21.2. The van der Waals surface area contributed by atoms with Crippen LogP contribution in [0.3, 0.4) is 0 Å². The van der Waals surface area contributed by atoms with E-state index in [4.69, 9.17) is 0 Å². The zero-order chi connectivity index (χ0) is 23.7. The van der Waals surface area contributed by atoms with Gasteiger partial charge in [0.15, 0.2) is 0 Å². The molecular weight excluding hydrogens is 398 g/mol. The van der Waals surface area contributed by atoms with Crippen molar-refractivity contribution in [3.63, 3.8) is 0 Å². The molecule has 1 amide bonds.